The highest BCUT2D eigenvalue weighted by Gasteiger charge is 2.39. The summed E-state index contributed by atoms with van der Waals surface area (Å²) in [5.41, 5.74) is 0. The molecule has 0 spiro atoms. The quantitative estimate of drug-likeness (QED) is 0.656. The van der Waals surface area contributed by atoms with Crippen LogP contribution in [0.4, 0.5) is 0 Å². The van der Waals surface area contributed by atoms with Gasteiger partial charge in [0.15, 0.2) is 0 Å². The zero-order valence-corrected chi connectivity index (χ0v) is 8.31. The van der Waals surface area contributed by atoms with Gasteiger partial charge in [0.1, 0.15) is 0 Å². The summed E-state index contributed by atoms with van der Waals surface area (Å²) in [7, 11) is 1.85. The Balaban J connectivity index is 2.00. The SMILES string of the molecule is O=S(=O)(Cl)N(CC1CC1)C1CC1. The first-order chi connectivity index (χ1) is 5.57. The van der Waals surface area contributed by atoms with Crippen molar-refractivity contribution in [3.8, 4) is 0 Å². The van der Waals surface area contributed by atoms with Crippen molar-refractivity contribution < 1.29 is 8.42 Å². The first-order valence-electron chi connectivity index (χ1n) is 4.29. The van der Waals surface area contributed by atoms with Gasteiger partial charge in [-0.15, -0.1) is 0 Å². The smallest absolute Gasteiger partial charge is 0.195 e. The second-order valence-electron chi connectivity index (χ2n) is 3.69. The van der Waals surface area contributed by atoms with Crippen LogP contribution in [0.2, 0.25) is 0 Å². The number of nitrogens with zero attached hydrogens (tertiary/aromatic N) is 1. The lowest BCUT2D eigenvalue weighted by Gasteiger charge is -2.16. The van der Waals surface area contributed by atoms with E-state index in [1.165, 1.54) is 4.31 Å². The fourth-order valence-corrected chi connectivity index (χ4v) is 2.80. The Morgan fingerprint density at radius 2 is 1.83 bits per heavy atom. The van der Waals surface area contributed by atoms with Crippen LogP contribution in [0, 0.1) is 5.92 Å². The highest BCUT2D eigenvalue weighted by molar-refractivity contribution is 8.11. The van der Waals surface area contributed by atoms with Crippen molar-refractivity contribution in [1.82, 2.24) is 4.31 Å². The van der Waals surface area contributed by atoms with Gasteiger partial charge in [-0.1, -0.05) is 0 Å². The Kier molecular flexibility index (Phi) is 2.09. The van der Waals surface area contributed by atoms with Gasteiger partial charge in [0, 0.05) is 23.3 Å². The van der Waals surface area contributed by atoms with E-state index in [1.807, 2.05) is 0 Å². The molecule has 0 saturated heterocycles. The van der Waals surface area contributed by atoms with Gasteiger partial charge >= 0.3 is 0 Å². The standard InChI is InChI=1S/C7H12ClNO2S/c8-12(10,11)9(7-3-4-7)5-6-1-2-6/h6-7H,1-5H2. The average molecular weight is 210 g/mol. The molecule has 2 aliphatic carbocycles. The lowest BCUT2D eigenvalue weighted by atomic mass is 10.4. The van der Waals surface area contributed by atoms with E-state index in [4.69, 9.17) is 10.7 Å². The van der Waals surface area contributed by atoms with Crippen molar-refractivity contribution in [2.75, 3.05) is 6.54 Å². The van der Waals surface area contributed by atoms with Crippen molar-refractivity contribution in [3.63, 3.8) is 0 Å². The summed E-state index contributed by atoms with van der Waals surface area (Å²) >= 11 is 0. The Labute approximate surface area is 77.2 Å². The number of rotatable bonds is 4. The van der Waals surface area contributed by atoms with Crippen LogP contribution in [0.5, 0.6) is 0 Å². The third-order valence-electron chi connectivity index (χ3n) is 2.37. The van der Waals surface area contributed by atoms with Crippen molar-refractivity contribution in [1.29, 1.82) is 0 Å². The second kappa shape index (κ2) is 2.86. The molecule has 2 saturated carbocycles. The Bertz CT molecular complexity index is 269. The molecule has 3 nitrogen and oxygen atoms in total. The minimum absolute atomic E-state index is 0.216. The van der Waals surface area contributed by atoms with E-state index in [2.05, 4.69) is 0 Å². The predicted octanol–water partition coefficient (Wildman–Crippen LogP) is 1.34. The maximum Gasteiger partial charge on any atom is 0.300 e. The van der Waals surface area contributed by atoms with E-state index in [9.17, 15) is 8.42 Å². The molecule has 0 N–H and O–H groups in total. The Hall–Kier alpha value is 0.200. The van der Waals surface area contributed by atoms with Crippen LogP contribution >= 0.6 is 10.7 Å². The molecule has 0 radical (unpaired) electrons. The third-order valence-corrected chi connectivity index (χ3v) is 3.91. The predicted molar refractivity (Wildman–Crippen MR) is 47.2 cm³/mol. The van der Waals surface area contributed by atoms with Crippen molar-refractivity contribution in [2.45, 2.75) is 31.7 Å². The number of halogens is 1. The molecule has 2 fully saturated rings. The van der Waals surface area contributed by atoms with Crippen LogP contribution in [0.3, 0.4) is 0 Å². The molecule has 0 aromatic heterocycles. The van der Waals surface area contributed by atoms with Gasteiger partial charge in [0.2, 0.25) is 0 Å². The molecule has 0 atom stereocenters. The Morgan fingerprint density at radius 1 is 1.25 bits per heavy atom. The second-order valence-corrected chi connectivity index (χ2v) is 6.15. The fraction of sp³-hybridized carbons (Fsp3) is 1.00. The molecule has 70 valence electrons. The van der Waals surface area contributed by atoms with E-state index in [0.29, 0.717) is 12.5 Å². The van der Waals surface area contributed by atoms with E-state index < -0.39 is 9.24 Å². The van der Waals surface area contributed by atoms with Crippen LogP contribution in [0.15, 0.2) is 0 Å². The maximum absolute atomic E-state index is 11.1. The molecule has 0 heterocycles. The van der Waals surface area contributed by atoms with Crippen LogP contribution in [0.25, 0.3) is 0 Å². The van der Waals surface area contributed by atoms with Gasteiger partial charge in [0.25, 0.3) is 9.24 Å². The van der Waals surface area contributed by atoms with Crippen LogP contribution in [-0.2, 0) is 9.24 Å². The van der Waals surface area contributed by atoms with Crippen LogP contribution in [0.1, 0.15) is 25.7 Å². The minimum Gasteiger partial charge on any atom is -0.195 e. The molecule has 0 aromatic rings. The van der Waals surface area contributed by atoms with Gasteiger partial charge in [0.05, 0.1) is 0 Å². The van der Waals surface area contributed by atoms with E-state index in [1.54, 1.807) is 0 Å². The highest BCUT2D eigenvalue weighted by atomic mass is 35.7. The first-order valence-corrected chi connectivity index (χ1v) is 6.55. The highest BCUT2D eigenvalue weighted by Crippen LogP contribution is 2.37. The monoisotopic (exact) mass is 209 g/mol. The van der Waals surface area contributed by atoms with Crippen molar-refractivity contribution in [3.05, 3.63) is 0 Å². The lowest BCUT2D eigenvalue weighted by molar-refractivity contribution is 0.398. The molecule has 0 aliphatic heterocycles. The molecule has 5 heteroatoms. The Morgan fingerprint density at radius 3 is 2.17 bits per heavy atom. The number of hydrogen-bond donors (Lipinski definition) is 0. The van der Waals surface area contributed by atoms with E-state index in [-0.39, 0.29) is 6.04 Å². The maximum atomic E-state index is 11.1. The molecular formula is C7H12ClNO2S. The first kappa shape index (κ1) is 8.78. The summed E-state index contributed by atoms with van der Waals surface area (Å²) in [5.74, 6) is 0.583. The topological polar surface area (TPSA) is 37.4 Å². The lowest BCUT2D eigenvalue weighted by Crippen LogP contribution is -2.31. The molecule has 0 unspecified atom stereocenters. The molecule has 0 bridgehead atoms. The summed E-state index contributed by atoms with van der Waals surface area (Å²) in [5, 5.41) is 0. The van der Waals surface area contributed by atoms with Gasteiger partial charge in [-0.05, 0) is 31.6 Å². The summed E-state index contributed by atoms with van der Waals surface area (Å²) in [6, 6.07) is 0.216. The average Bonchev–Trinajstić information content (AvgIpc) is 2.77. The molecular weight excluding hydrogens is 198 g/mol. The minimum atomic E-state index is -3.45. The van der Waals surface area contributed by atoms with Crippen molar-refractivity contribution in [2.24, 2.45) is 5.92 Å². The molecule has 2 rings (SSSR count). The van der Waals surface area contributed by atoms with E-state index >= 15 is 0 Å². The van der Waals surface area contributed by atoms with Crippen LogP contribution in [-0.4, -0.2) is 25.3 Å². The fourth-order valence-electron chi connectivity index (χ4n) is 1.33. The summed E-state index contributed by atoms with van der Waals surface area (Å²) in [4.78, 5) is 0. The van der Waals surface area contributed by atoms with E-state index in [0.717, 1.165) is 25.7 Å². The van der Waals surface area contributed by atoms with Crippen LogP contribution < -0.4 is 0 Å². The van der Waals surface area contributed by atoms with Gasteiger partial charge < -0.3 is 0 Å². The molecule has 0 amide bonds. The third kappa shape index (κ3) is 2.12. The zero-order valence-electron chi connectivity index (χ0n) is 6.74. The summed E-state index contributed by atoms with van der Waals surface area (Å²) in [6.07, 6.45) is 4.29. The summed E-state index contributed by atoms with van der Waals surface area (Å²) < 4.78 is 23.6. The number of hydrogen-bond acceptors (Lipinski definition) is 2. The normalized spacial score (nSPS) is 24.8. The zero-order chi connectivity index (χ0) is 8.77. The van der Waals surface area contributed by atoms with Gasteiger partial charge in [-0.3, -0.25) is 0 Å². The molecule has 0 aromatic carbocycles. The van der Waals surface area contributed by atoms with Crippen molar-refractivity contribution >= 4 is 19.9 Å². The van der Waals surface area contributed by atoms with Gasteiger partial charge in [-0.2, -0.15) is 12.7 Å². The summed E-state index contributed by atoms with van der Waals surface area (Å²) in [6.45, 7) is 0.649. The largest absolute Gasteiger partial charge is 0.300 e. The molecule has 12 heavy (non-hydrogen) atoms. The van der Waals surface area contributed by atoms with Gasteiger partial charge in [-0.25, -0.2) is 0 Å². The molecule has 2 aliphatic rings.